The number of benzene rings is 1. The molecule has 17 heavy (non-hydrogen) atoms. The molecule has 0 spiro atoms. The van der Waals surface area contributed by atoms with Crippen molar-refractivity contribution in [2.75, 3.05) is 13.2 Å². The summed E-state index contributed by atoms with van der Waals surface area (Å²) in [5.41, 5.74) is 10.3. The number of hydrogen-bond donors (Lipinski definition) is 1. The summed E-state index contributed by atoms with van der Waals surface area (Å²) in [4.78, 5) is 0. The van der Waals surface area contributed by atoms with Crippen LogP contribution in [-0.4, -0.2) is 19.3 Å². The first-order valence-electron chi connectivity index (χ1n) is 6.53. The Kier molecular flexibility index (Phi) is 6.23. The maximum atomic E-state index is 6.17. The topological polar surface area (TPSA) is 35.2 Å². The van der Waals surface area contributed by atoms with E-state index in [1.807, 2.05) is 6.92 Å². The molecule has 0 bridgehead atoms. The highest BCUT2D eigenvalue weighted by Crippen LogP contribution is 2.16. The van der Waals surface area contributed by atoms with E-state index in [1.54, 1.807) is 0 Å². The summed E-state index contributed by atoms with van der Waals surface area (Å²) in [6.45, 7) is 7.98. The second-order valence-corrected chi connectivity index (χ2v) is 4.67. The number of nitrogens with two attached hydrogens (primary N) is 1. The molecule has 1 unspecified atom stereocenters. The van der Waals surface area contributed by atoms with Gasteiger partial charge in [-0.2, -0.15) is 0 Å². The molecule has 0 saturated carbocycles. The van der Waals surface area contributed by atoms with Gasteiger partial charge in [0, 0.05) is 19.3 Å². The third-order valence-corrected chi connectivity index (χ3v) is 3.18. The molecule has 0 aliphatic rings. The Morgan fingerprint density at radius 3 is 2.47 bits per heavy atom. The van der Waals surface area contributed by atoms with Gasteiger partial charge in [-0.15, -0.1) is 0 Å². The zero-order valence-corrected chi connectivity index (χ0v) is 11.3. The van der Waals surface area contributed by atoms with E-state index in [0.717, 1.165) is 32.5 Å². The summed E-state index contributed by atoms with van der Waals surface area (Å²) >= 11 is 0. The highest BCUT2D eigenvalue weighted by Gasteiger charge is 2.08. The minimum absolute atomic E-state index is 0.246. The van der Waals surface area contributed by atoms with Gasteiger partial charge in [0.25, 0.3) is 0 Å². The Labute approximate surface area is 105 Å². The summed E-state index contributed by atoms with van der Waals surface area (Å²) in [7, 11) is 0. The summed E-state index contributed by atoms with van der Waals surface area (Å²) in [5.74, 6) is 0. The van der Waals surface area contributed by atoms with Crippen molar-refractivity contribution in [2.45, 2.75) is 46.1 Å². The number of hydrogen-bond acceptors (Lipinski definition) is 2. The van der Waals surface area contributed by atoms with Gasteiger partial charge in [-0.1, -0.05) is 18.2 Å². The Morgan fingerprint density at radius 1 is 1.24 bits per heavy atom. The Bertz CT molecular complexity index is 315. The van der Waals surface area contributed by atoms with Crippen molar-refractivity contribution in [3.8, 4) is 0 Å². The first-order valence-corrected chi connectivity index (χ1v) is 6.53. The van der Waals surface area contributed by atoms with Crippen LogP contribution >= 0.6 is 0 Å². The van der Waals surface area contributed by atoms with Crippen molar-refractivity contribution in [1.82, 2.24) is 0 Å². The Hall–Kier alpha value is -0.860. The first-order chi connectivity index (χ1) is 8.15. The normalized spacial score (nSPS) is 12.7. The highest BCUT2D eigenvalue weighted by atomic mass is 16.5. The molecule has 1 atom stereocenters. The van der Waals surface area contributed by atoms with E-state index in [4.69, 9.17) is 10.5 Å². The molecule has 0 aliphatic carbocycles. The minimum Gasteiger partial charge on any atom is -0.382 e. The Balaban J connectivity index is 2.42. The predicted molar refractivity (Wildman–Crippen MR) is 73.3 cm³/mol. The second kappa shape index (κ2) is 7.46. The van der Waals surface area contributed by atoms with Gasteiger partial charge in [0.05, 0.1) is 0 Å². The molecule has 0 aromatic heterocycles. The molecule has 96 valence electrons. The molecule has 2 heteroatoms. The smallest absolute Gasteiger partial charge is 0.0466 e. The van der Waals surface area contributed by atoms with Crippen LogP contribution in [0, 0.1) is 13.8 Å². The third kappa shape index (κ3) is 4.88. The zero-order valence-electron chi connectivity index (χ0n) is 11.3. The minimum atomic E-state index is 0.246. The Morgan fingerprint density at radius 2 is 1.88 bits per heavy atom. The van der Waals surface area contributed by atoms with Crippen LogP contribution in [0.25, 0.3) is 0 Å². The third-order valence-electron chi connectivity index (χ3n) is 3.18. The largest absolute Gasteiger partial charge is 0.382 e. The van der Waals surface area contributed by atoms with E-state index in [1.165, 1.54) is 16.7 Å². The monoisotopic (exact) mass is 235 g/mol. The van der Waals surface area contributed by atoms with E-state index >= 15 is 0 Å². The standard InChI is InChI=1S/C15H25NO/c1-4-17-10-6-9-14(16)11-15-12(2)7-5-8-13(15)3/h5,7-8,14H,4,6,9-11,16H2,1-3H3. The number of aryl methyl sites for hydroxylation is 2. The molecule has 0 aliphatic heterocycles. The van der Waals surface area contributed by atoms with Crippen LogP contribution in [-0.2, 0) is 11.2 Å². The van der Waals surface area contributed by atoms with Crippen molar-refractivity contribution in [3.05, 3.63) is 34.9 Å². The molecule has 2 nitrogen and oxygen atoms in total. The summed E-state index contributed by atoms with van der Waals surface area (Å²) in [6.07, 6.45) is 3.07. The van der Waals surface area contributed by atoms with Gasteiger partial charge in [-0.3, -0.25) is 0 Å². The fraction of sp³-hybridized carbons (Fsp3) is 0.600. The molecule has 0 heterocycles. The summed E-state index contributed by atoms with van der Waals surface area (Å²) < 4.78 is 5.33. The van der Waals surface area contributed by atoms with Crippen LogP contribution < -0.4 is 5.73 Å². The molecule has 0 radical (unpaired) electrons. The second-order valence-electron chi connectivity index (χ2n) is 4.67. The first kappa shape index (κ1) is 14.2. The number of rotatable bonds is 7. The van der Waals surface area contributed by atoms with E-state index in [0.29, 0.717) is 0 Å². The molecular formula is C15H25NO. The lowest BCUT2D eigenvalue weighted by Crippen LogP contribution is -2.24. The van der Waals surface area contributed by atoms with Crippen LogP contribution in [0.5, 0.6) is 0 Å². The van der Waals surface area contributed by atoms with E-state index in [9.17, 15) is 0 Å². The maximum absolute atomic E-state index is 6.17. The van der Waals surface area contributed by atoms with Gasteiger partial charge in [-0.25, -0.2) is 0 Å². The van der Waals surface area contributed by atoms with Gasteiger partial charge in [0.2, 0.25) is 0 Å². The maximum Gasteiger partial charge on any atom is 0.0466 e. The van der Waals surface area contributed by atoms with Gasteiger partial charge < -0.3 is 10.5 Å². The van der Waals surface area contributed by atoms with E-state index in [-0.39, 0.29) is 6.04 Å². The summed E-state index contributed by atoms with van der Waals surface area (Å²) in [5, 5.41) is 0. The highest BCUT2D eigenvalue weighted by molar-refractivity contribution is 5.34. The molecule has 1 aromatic rings. The van der Waals surface area contributed by atoms with E-state index < -0.39 is 0 Å². The molecule has 1 rings (SSSR count). The van der Waals surface area contributed by atoms with Crippen molar-refractivity contribution in [1.29, 1.82) is 0 Å². The lowest BCUT2D eigenvalue weighted by Gasteiger charge is -2.15. The molecule has 0 amide bonds. The molecule has 2 N–H and O–H groups in total. The van der Waals surface area contributed by atoms with Crippen molar-refractivity contribution in [3.63, 3.8) is 0 Å². The molecule has 0 saturated heterocycles. The van der Waals surface area contributed by atoms with Crippen LogP contribution in [0.3, 0.4) is 0 Å². The molecule has 1 aromatic carbocycles. The van der Waals surface area contributed by atoms with Crippen LogP contribution in [0.4, 0.5) is 0 Å². The van der Waals surface area contributed by atoms with E-state index in [2.05, 4.69) is 32.0 Å². The molecular weight excluding hydrogens is 210 g/mol. The van der Waals surface area contributed by atoms with Crippen molar-refractivity contribution >= 4 is 0 Å². The average molecular weight is 235 g/mol. The zero-order chi connectivity index (χ0) is 12.7. The lowest BCUT2D eigenvalue weighted by atomic mass is 9.95. The quantitative estimate of drug-likeness (QED) is 0.737. The summed E-state index contributed by atoms with van der Waals surface area (Å²) in [6, 6.07) is 6.68. The SMILES string of the molecule is CCOCCCC(N)Cc1c(C)cccc1C. The van der Waals surface area contributed by atoms with Crippen LogP contribution in [0.15, 0.2) is 18.2 Å². The van der Waals surface area contributed by atoms with Crippen molar-refractivity contribution < 1.29 is 4.74 Å². The number of ether oxygens (including phenoxy) is 1. The van der Waals surface area contributed by atoms with Gasteiger partial charge in [0.15, 0.2) is 0 Å². The van der Waals surface area contributed by atoms with Crippen LogP contribution in [0.1, 0.15) is 36.5 Å². The van der Waals surface area contributed by atoms with Gasteiger partial charge in [0.1, 0.15) is 0 Å². The predicted octanol–water partition coefficient (Wildman–Crippen LogP) is 2.99. The lowest BCUT2D eigenvalue weighted by molar-refractivity contribution is 0.142. The fourth-order valence-corrected chi connectivity index (χ4v) is 2.13. The fourth-order valence-electron chi connectivity index (χ4n) is 2.13. The van der Waals surface area contributed by atoms with Crippen LogP contribution in [0.2, 0.25) is 0 Å². The molecule has 0 fully saturated rings. The average Bonchev–Trinajstić information content (AvgIpc) is 2.30. The van der Waals surface area contributed by atoms with Crippen molar-refractivity contribution in [2.24, 2.45) is 5.73 Å². The van der Waals surface area contributed by atoms with Gasteiger partial charge in [-0.05, 0) is 56.7 Å². The van der Waals surface area contributed by atoms with Gasteiger partial charge >= 0.3 is 0 Å².